The predicted octanol–water partition coefficient (Wildman–Crippen LogP) is 2.81. The summed E-state index contributed by atoms with van der Waals surface area (Å²) >= 11 is 1.40. The van der Waals surface area contributed by atoms with Crippen molar-refractivity contribution >= 4 is 34.0 Å². The fourth-order valence-corrected chi connectivity index (χ4v) is 3.70. The van der Waals surface area contributed by atoms with E-state index in [1.807, 2.05) is 17.5 Å². The minimum absolute atomic E-state index is 0.0584. The number of hydrogen-bond acceptors (Lipinski definition) is 5. The molecule has 2 N–H and O–H groups in total. The van der Waals surface area contributed by atoms with Crippen LogP contribution in [0.1, 0.15) is 24.8 Å². The van der Waals surface area contributed by atoms with E-state index in [1.54, 1.807) is 0 Å². The number of aryl methyl sites for hydroxylation is 1. The Labute approximate surface area is 143 Å². The van der Waals surface area contributed by atoms with Crippen LogP contribution in [0.25, 0.3) is 11.3 Å². The molecule has 3 heterocycles. The van der Waals surface area contributed by atoms with E-state index in [9.17, 15) is 9.59 Å². The molecule has 0 radical (unpaired) electrons. The molecule has 1 aromatic carbocycles. The lowest BCUT2D eigenvalue weighted by atomic mass is 9.99. The molecule has 1 saturated heterocycles. The molecule has 2 aliphatic rings. The number of rotatable bonds is 3. The standard InChI is InChI=1S/C17H17N3O3S/c21-15-6-4-10-8-11(3-5-12(10)18-15)13-9-24-17(19-13)20-16(22)14-2-1-7-23-14/h3,5,8-9,14H,1-2,4,6-7H2,(H,18,21)(H,19,20,22)/t14-/m1/s1. The topological polar surface area (TPSA) is 80.3 Å². The molecule has 7 heteroatoms. The monoisotopic (exact) mass is 343 g/mol. The van der Waals surface area contributed by atoms with Gasteiger partial charge in [-0.1, -0.05) is 6.07 Å². The first kappa shape index (κ1) is 15.3. The van der Waals surface area contributed by atoms with E-state index in [-0.39, 0.29) is 17.9 Å². The minimum atomic E-state index is -0.357. The van der Waals surface area contributed by atoms with E-state index in [0.717, 1.165) is 41.8 Å². The molecule has 1 atom stereocenters. The van der Waals surface area contributed by atoms with Crippen molar-refractivity contribution in [3.05, 3.63) is 29.1 Å². The van der Waals surface area contributed by atoms with E-state index in [1.165, 1.54) is 11.3 Å². The van der Waals surface area contributed by atoms with Crippen LogP contribution in [0.2, 0.25) is 0 Å². The van der Waals surface area contributed by atoms with Crippen LogP contribution in [0.4, 0.5) is 10.8 Å². The van der Waals surface area contributed by atoms with Gasteiger partial charge in [-0.3, -0.25) is 14.9 Å². The number of aromatic nitrogens is 1. The van der Waals surface area contributed by atoms with Gasteiger partial charge in [0.25, 0.3) is 5.91 Å². The Balaban J connectivity index is 1.50. The number of benzene rings is 1. The molecule has 124 valence electrons. The Bertz CT molecular complexity index is 796. The van der Waals surface area contributed by atoms with Crippen molar-refractivity contribution in [2.45, 2.75) is 31.8 Å². The molecule has 0 spiro atoms. The highest BCUT2D eigenvalue weighted by Crippen LogP contribution is 2.30. The zero-order valence-electron chi connectivity index (χ0n) is 13.0. The third kappa shape index (κ3) is 3.05. The molecule has 0 aliphatic carbocycles. The van der Waals surface area contributed by atoms with Crippen molar-refractivity contribution in [2.75, 3.05) is 17.2 Å². The zero-order valence-corrected chi connectivity index (χ0v) is 13.8. The normalized spacial score (nSPS) is 19.7. The van der Waals surface area contributed by atoms with Gasteiger partial charge in [0.15, 0.2) is 5.13 Å². The average Bonchev–Trinajstić information content (AvgIpc) is 3.26. The average molecular weight is 343 g/mol. The molecule has 1 fully saturated rings. The maximum Gasteiger partial charge on any atom is 0.255 e. The molecule has 2 aliphatic heterocycles. The van der Waals surface area contributed by atoms with Crippen molar-refractivity contribution in [3.8, 4) is 11.3 Å². The number of nitrogens with zero attached hydrogens (tertiary/aromatic N) is 1. The Hall–Kier alpha value is -2.25. The summed E-state index contributed by atoms with van der Waals surface area (Å²) in [6, 6.07) is 5.90. The molecule has 0 unspecified atom stereocenters. The van der Waals surface area contributed by atoms with Gasteiger partial charge in [-0.2, -0.15) is 0 Å². The van der Waals surface area contributed by atoms with Gasteiger partial charge < -0.3 is 10.1 Å². The SMILES string of the molecule is O=C1CCc2cc(-c3csc(NC(=O)[C@H]4CCCO4)n3)ccc2N1. The van der Waals surface area contributed by atoms with E-state index < -0.39 is 0 Å². The number of fused-ring (bicyclic) bond motifs is 1. The van der Waals surface area contributed by atoms with Crippen LogP contribution in [0.5, 0.6) is 0 Å². The highest BCUT2D eigenvalue weighted by atomic mass is 32.1. The number of thiazole rings is 1. The number of carbonyl (C=O) groups is 2. The highest BCUT2D eigenvalue weighted by Gasteiger charge is 2.24. The quantitative estimate of drug-likeness (QED) is 0.898. The molecule has 1 aromatic heterocycles. The van der Waals surface area contributed by atoms with Gasteiger partial charge in [-0.15, -0.1) is 11.3 Å². The number of nitrogens with one attached hydrogen (secondary N) is 2. The van der Waals surface area contributed by atoms with Crippen LogP contribution < -0.4 is 10.6 Å². The molecule has 4 rings (SSSR count). The molecular weight excluding hydrogens is 326 g/mol. The zero-order chi connectivity index (χ0) is 16.5. The number of amides is 2. The third-order valence-corrected chi connectivity index (χ3v) is 5.01. The summed E-state index contributed by atoms with van der Waals surface area (Å²) in [6.07, 6.45) is 2.58. The molecule has 24 heavy (non-hydrogen) atoms. The summed E-state index contributed by atoms with van der Waals surface area (Å²) in [5, 5.41) is 8.21. The summed E-state index contributed by atoms with van der Waals surface area (Å²) in [6.45, 7) is 0.646. The summed E-state index contributed by atoms with van der Waals surface area (Å²) in [5.41, 5.74) is 3.79. The van der Waals surface area contributed by atoms with Gasteiger partial charge in [0, 0.05) is 29.7 Å². The lowest BCUT2D eigenvalue weighted by molar-refractivity contribution is -0.124. The van der Waals surface area contributed by atoms with E-state index in [4.69, 9.17) is 4.74 Å². The third-order valence-electron chi connectivity index (χ3n) is 4.25. The predicted molar refractivity (Wildman–Crippen MR) is 92.1 cm³/mol. The molecule has 2 aromatic rings. The minimum Gasteiger partial charge on any atom is -0.368 e. The van der Waals surface area contributed by atoms with Gasteiger partial charge >= 0.3 is 0 Å². The van der Waals surface area contributed by atoms with Crippen molar-refractivity contribution in [2.24, 2.45) is 0 Å². The van der Waals surface area contributed by atoms with Crippen molar-refractivity contribution in [3.63, 3.8) is 0 Å². The molecule has 0 saturated carbocycles. The van der Waals surface area contributed by atoms with Crippen molar-refractivity contribution in [1.82, 2.24) is 4.98 Å². The van der Waals surface area contributed by atoms with E-state index in [0.29, 0.717) is 18.2 Å². The second-order valence-corrected chi connectivity index (χ2v) is 6.81. The summed E-state index contributed by atoms with van der Waals surface area (Å²) in [7, 11) is 0. The number of anilines is 2. The number of hydrogen-bond donors (Lipinski definition) is 2. The van der Waals surface area contributed by atoms with E-state index in [2.05, 4.69) is 21.7 Å². The molecule has 2 amide bonds. The maximum atomic E-state index is 12.1. The second-order valence-electron chi connectivity index (χ2n) is 5.95. The van der Waals surface area contributed by atoms with Crippen LogP contribution in [-0.4, -0.2) is 29.5 Å². The first-order valence-electron chi connectivity index (χ1n) is 8.00. The second kappa shape index (κ2) is 6.33. The molecule has 6 nitrogen and oxygen atoms in total. The van der Waals surface area contributed by atoms with Gasteiger partial charge in [-0.05, 0) is 37.0 Å². The Morgan fingerprint density at radius 2 is 2.29 bits per heavy atom. The Morgan fingerprint density at radius 1 is 1.38 bits per heavy atom. The van der Waals surface area contributed by atoms with Crippen molar-refractivity contribution in [1.29, 1.82) is 0 Å². The van der Waals surface area contributed by atoms with Gasteiger partial charge in [0.05, 0.1) is 5.69 Å². The fourth-order valence-electron chi connectivity index (χ4n) is 2.98. The van der Waals surface area contributed by atoms with Crippen LogP contribution in [0.3, 0.4) is 0 Å². The Kier molecular flexibility index (Phi) is 4.03. The van der Waals surface area contributed by atoms with Gasteiger partial charge in [0.1, 0.15) is 6.10 Å². The molecule has 0 bridgehead atoms. The van der Waals surface area contributed by atoms with Crippen LogP contribution >= 0.6 is 11.3 Å². The summed E-state index contributed by atoms with van der Waals surface area (Å²) in [4.78, 5) is 28.0. The fraction of sp³-hybridized carbons (Fsp3) is 0.353. The highest BCUT2D eigenvalue weighted by molar-refractivity contribution is 7.14. The van der Waals surface area contributed by atoms with Gasteiger partial charge in [0.2, 0.25) is 5.91 Å². The van der Waals surface area contributed by atoms with Crippen LogP contribution in [0.15, 0.2) is 23.6 Å². The first-order valence-corrected chi connectivity index (χ1v) is 8.88. The smallest absolute Gasteiger partial charge is 0.255 e. The number of carbonyl (C=O) groups excluding carboxylic acids is 2. The van der Waals surface area contributed by atoms with Crippen molar-refractivity contribution < 1.29 is 14.3 Å². The maximum absolute atomic E-state index is 12.1. The lowest BCUT2D eigenvalue weighted by Gasteiger charge is -2.17. The van der Waals surface area contributed by atoms with Crippen LogP contribution in [0, 0.1) is 0 Å². The number of ether oxygens (including phenoxy) is 1. The first-order chi connectivity index (χ1) is 11.7. The summed E-state index contributed by atoms with van der Waals surface area (Å²) in [5.74, 6) is -0.0652. The van der Waals surface area contributed by atoms with Gasteiger partial charge in [-0.25, -0.2) is 4.98 Å². The summed E-state index contributed by atoms with van der Waals surface area (Å²) < 4.78 is 5.38. The van der Waals surface area contributed by atoms with E-state index >= 15 is 0 Å². The van der Waals surface area contributed by atoms with Crippen LogP contribution in [-0.2, 0) is 20.7 Å². The molecular formula is C17H17N3O3S. The lowest BCUT2D eigenvalue weighted by Crippen LogP contribution is -2.26. The largest absolute Gasteiger partial charge is 0.368 e. The Morgan fingerprint density at radius 3 is 3.12 bits per heavy atom.